The van der Waals surface area contributed by atoms with Gasteiger partial charge in [-0.25, -0.2) is 9.37 Å². The molecule has 0 spiro atoms. The SMILES string of the molecule is COc1ccc(OC)c(CNC(=O)CCc2c(-c3ccc(F)cc3)nc3ccccn23)c1. The number of imidazole rings is 1. The first kappa shape index (κ1) is 21.4. The lowest BCUT2D eigenvalue weighted by atomic mass is 10.1. The maximum absolute atomic E-state index is 13.4. The van der Waals surface area contributed by atoms with Crippen LogP contribution in [0.5, 0.6) is 11.5 Å². The van der Waals surface area contributed by atoms with Crippen LogP contribution in [-0.2, 0) is 17.8 Å². The van der Waals surface area contributed by atoms with Crippen LogP contribution in [0.15, 0.2) is 66.9 Å². The molecule has 0 aliphatic rings. The molecule has 32 heavy (non-hydrogen) atoms. The Labute approximate surface area is 185 Å². The quantitative estimate of drug-likeness (QED) is 0.447. The highest BCUT2D eigenvalue weighted by molar-refractivity contribution is 5.77. The highest BCUT2D eigenvalue weighted by Crippen LogP contribution is 2.26. The summed E-state index contributed by atoms with van der Waals surface area (Å²) < 4.78 is 26.0. The van der Waals surface area contributed by atoms with Crippen molar-refractivity contribution in [3.8, 4) is 22.8 Å². The van der Waals surface area contributed by atoms with E-state index in [9.17, 15) is 9.18 Å². The minimum atomic E-state index is -0.300. The highest BCUT2D eigenvalue weighted by Gasteiger charge is 2.16. The average Bonchev–Trinajstić information content (AvgIpc) is 3.20. The van der Waals surface area contributed by atoms with E-state index in [4.69, 9.17) is 14.5 Å². The maximum Gasteiger partial charge on any atom is 0.220 e. The van der Waals surface area contributed by atoms with Gasteiger partial charge in [-0.1, -0.05) is 6.07 Å². The van der Waals surface area contributed by atoms with Gasteiger partial charge in [0.05, 0.1) is 25.6 Å². The summed E-state index contributed by atoms with van der Waals surface area (Å²) >= 11 is 0. The van der Waals surface area contributed by atoms with Crippen molar-refractivity contribution in [3.05, 3.63) is 83.9 Å². The van der Waals surface area contributed by atoms with Crippen molar-refractivity contribution in [2.75, 3.05) is 14.2 Å². The Bertz CT molecular complexity index is 1240. The first-order valence-corrected chi connectivity index (χ1v) is 10.3. The second-order valence-electron chi connectivity index (χ2n) is 7.30. The molecular formula is C25H24FN3O3. The van der Waals surface area contributed by atoms with Gasteiger partial charge in [0.25, 0.3) is 0 Å². The van der Waals surface area contributed by atoms with E-state index < -0.39 is 0 Å². The molecule has 0 aliphatic heterocycles. The van der Waals surface area contributed by atoms with Crippen molar-refractivity contribution in [1.29, 1.82) is 0 Å². The van der Waals surface area contributed by atoms with Crippen LogP contribution in [0, 0.1) is 5.82 Å². The third-order valence-electron chi connectivity index (χ3n) is 5.30. The minimum absolute atomic E-state index is 0.0918. The van der Waals surface area contributed by atoms with Crippen LogP contribution in [-0.4, -0.2) is 29.5 Å². The van der Waals surface area contributed by atoms with Crippen LogP contribution in [0.2, 0.25) is 0 Å². The van der Waals surface area contributed by atoms with Crippen molar-refractivity contribution in [2.45, 2.75) is 19.4 Å². The van der Waals surface area contributed by atoms with E-state index >= 15 is 0 Å². The number of methoxy groups -OCH3 is 2. The number of aromatic nitrogens is 2. The number of pyridine rings is 1. The van der Waals surface area contributed by atoms with Gasteiger partial charge in [-0.15, -0.1) is 0 Å². The molecule has 0 saturated heterocycles. The van der Waals surface area contributed by atoms with Gasteiger partial charge in [0, 0.05) is 30.3 Å². The molecule has 1 amide bonds. The summed E-state index contributed by atoms with van der Waals surface area (Å²) in [6.45, 7) is 0.331. The van der Waals surface area contributed by atoms with Crippen LogP contribution in [0.25, 0.3) is 16.9 Å². The second-order valence-corrected chi connectivity index (χ2v) is 7.30. The van der Waals surface area contributed by atoms with Gasteiger partial charge in [-0.3, -0.25) is 4.79 Å². The van der Waals surface area contributed by atoms with Gasteiger partial charge in [-0.2, -0.15) is 0 Å². The number of hydrogen-bond donors (Lipinski definition) is 1. The zero-order chi connectivity index (χ0) is 22.5. The monoisotopic (exact) mass is 433 g/mol. The Hall–Kier alpha value is -3.87. The molecular weight excluding hydrogens is 409 g/mol. The first-order chi connectivity index (χ1) is 15.6. The Morgan fingerprint density at radius 1 is 1.06 bits per heavy atom. The van der Waals surface area contributed by atoms with Crippen LogP contribution >= 0.6 is 0 Å². The van der Waals surface area contributed by atoms with E-state index in [0.717, 1.165) is 28.2 Å². The fourth-order valence-electron chi connectivity index (χ4n) is 3.66. The number of nitrogens with one attached hydrogen (secondary N) is 1. The number of amides is 1. The van der Waals surface area contributed by atoms with Gasteiger partial charge in [-0.05, 0) is 61.0 Å². The van der Waals surface area contributed by atoms with Crippen LogP contribution in [0.4, 0.5) is 4.39 Å². The summed E-state index contributed by atoms with van der Waals surface area (Å²) in [4.78, 5) is 17.3. The molecule has 1 N–H and O–H groups in total. The second kappa shape index (κ2) is 9.51. The number of aryl methyl sites for hydroxylation is 1. The topological polar surface area (TPSA) is 64.9 Å². The number of halogens is 1. The third kappa shape index (κ3) is 4.56. The molecule has 4 aromatic rings. The van der Waals surface area contributed by atoms with E-state index in [1.54, 1.807) is 26.4 Å². The molecule has 0 unspecified atom stereocenters. The Morgan fingerprint density at radius 2 is 1.88 bits per heavy atom. The van der Waals surface area contributed by atoms with Crippen molar-refractivity contribution in [2.24, 2.45) is 0 Å². The van der Waals surface area contributed by atoms with Gasteiger partial charge < -0.3 is 19.2 Å². The molecule has 164 valence electrons. The summed E-state index contributed by atoms with van der Waals surface area (Å²) in [6.07, 6.45) is 2.69. The molecule has 0 radical (unpaired) electrons. The summed E-state index contributed by atoms with van der Waals surface area (Å²) in [5, 5.41) is 2.95. The molecule has 0 bridgehead atoms. The molecule has 0 atom stereocenters. The first-order valence-electron chi connectivity index (χ1n) is 10.3. The zero-order valence-corrected chi connectivity index (χ0v) is 18.0. The molecule has 0 aliphatic carbocycles. The number of benzene rings is 2. The van der Waals surface area contributed by atoms with Crippen LogP contribution in [0.1, 0.15) is 17.7 Å². The number of ether oxygens (including phenoxy) is 2. The number of hydrogen-bond acceptors (Lipinski definition) is 4. The molecule has 2 aromatic carbocycles. The Morgan fingerprint density at radius 3 is 2.62 bits per heavy atom. The van der Waals surface area contributed by atoms with Gasteiger partial charge in [0.15, 0.2) is 0 Å². The maximum atomic E-state index is 13.4. The Kier molecular flexibility index (Phi) is 6.35. The van der Waals surface area contributed by atoms with Crippen molar-refractivity contribution in [3.63, 3.8) is 0 Å². The predicted octanol–water partition coefficient (Wildman–Crippen LogP) is 4.41. The Balaban J connectivity index is 1.50. The predicted molar refractivity (Wildman–Crippen MR) is 120 cm³/mol. The summed E-state index contributed by atoms with van der Waals surface area (Å²) in [5.41, 5.74) is 4.08. The zero-order valence-electron chi connectivity index (χ0n) is 18.0. The minimum Gasteiger partial charge on any atom is -0.497 e. The lowest BCUT2D eigenvalue weighted by molar-refractivity contribution is -0.121. The lowest BCUT2D eigenvalue weighted by Gasteiger charge is -2.12. The van der Waals surface area contributed by atoms with Crippen molar-refractivity contribution in [1.82, 2.24) is 14.7 Å². The molecule has 2 heterocycles. The van der Waals surface area contributed by atoms with Crippen molar-refractivity contribution >= 4 is 11.6 Å². The van der Waals surface area contributed by atoms with Crippen molar-refractivity contribution < 1.29 is 18.7 Å². The number of carbonyl (C=O) groups is 1. The smallest absolute Gasteiger partial charge is 0.220 e. The van der Waals surface area contributed by atoms with Gasteiger partial charge in [0.1, 0.15) is 23.0 Å². The fourth-order valence-corrected chi connectivity index (χ4v) is 3.66. The normalized spacial score (nSPS) is 10.8. The van der Waals surface area contributed by atoms with Gasteiger partial charge in [0.2, 0.25) is 5.91 Å². The highest BCUT2D eigenvalue weighted by atomic mass is 19.1. The average molecular weight is 433 g/mol. The van der Waals surface area contributed by atoms with Crippen LogP contribution < -0.4 is 14.8 Å². The van der Waals surface area contributed by atoms with E-state index in [2.05, 4.69) is 5.32 Å². The third-order valence-corrected chi connectivity index (χ3v) is 5.30. The number of carbonyl (C=O) groups excluding carboxylic acids is 1. The van der Waals surface area contributed by atoms with Gasteiger partial charge >= 0.3 is 0 Å². The molecule has 0 saturated carbocycles. The van der Waals surface area contributed by atoms with E-state index in [1.165, 1.54) is 12.1 Å². The number of rotatable bonds is 8. The van der Waals surface area contributed by atoms with E-state index in [0.29, 0.717) is 24.5 Å². The summed E-state index contributed by atoms with van der Waals surface area (Å²) in [7, 11) is 3.19. The summed E-state index contributed by atoms with van der Waals surface area (Å²) in [5.74, 6) is 0.994. The van der Waals surface area contributed by atoms with E-state index in [1.807, 2.05) is 47.0 Å². The molecule has 7 heteroatoms. The van der Waals surface area contributed by atoms with E-state index in [-0.39, 0.29) is 18.1 Å². The lowest BCUT2D eigenvalue weighted by Crippen LogP contribution is -2.23. The molecule has 2 aromatic heterocycles. The standard InChI is InChI=1S/C25H24FN3O3/c1-31-20-10-12-22(32-2)18(15-20)16-27-24(30)13-11-21-25(17-6-8-19(26)9-7-17)28-23-5-3-4-14-29(21)23/h3-10,12,14-15H,11,13,16H2,1-2H3,(H,27,30). The number of fused-ring (bicyclic) bond motifs is 1. The fraction of sp³-hybridized carbons (Fsp3) is 0.200. The number of nitrogens with zero attached hydrogens (tertiary/aromatic N) is 2. The molecule has 4 rings (SSSR count). The summed E-state index contributed by atoms with van der Waals surface area (Å²) in [6, 6.07) is 17.4. The van der Waals surface area contributed by atoms with Crippen LogP contribution in [0.3, 0.4) is 0 Å². The molecule has 6 nitrogen and oxygen atoms in total. The molecule has 0 fully saturated rings. The largest absolute Gasteiger partial charge is 0.497 e.